The summed E-state index contributed by atoms with van der Waals surface area (Å²) >= 11 is 0. The summed E-state index contributed by atoms with van der Waals surface area (Å²) in [4.78, 5) is 12.9. The molecule has 1 aromatic heterocycles. The van der Waals surface area contributed by atoms with Crippen molar-refractivity contribution in [2.75, 3.05) is 0 Å². The third-order valence-electron chi connectivity index (χ3n) is 3.34. The van der Waals surface area contributed by atoms with Crippen molar-refractivity contribution in [3.63, 3.8) is 0 Å². The zero-order valence-electron chi connectivity index (χ0n) is 9.41. The van der Waals surface area contributed by atoms with Crippen molar-refractivity contribution in [2.45, 2.75) is 25.6 Å². The Morgan fingerprint density at radius 2 is 2.47 bits per heavy atom. The summed E-state index contributed by atoms with van der Waals surface area (Å²) in [7, 11) is 0. The number of fused-ring (bicyclic) bond motifs is 2. The van der Waals surface area contributed by atoms with Gasteiger partial charge in [-0.15, -0.1) is 0 Å². The van der Waals surface area contributed by atoms with E-state index in [4.69, 9.17) is 5.11 Å². The van der Waals surface area contributed by atoms with Crippen molar-refractivity contribution >= 4 is 24.9 Å². The first kappa shape index (κ1) is 10.4. The van der Waals surface area contributed by atoms with E-state index in [2.05, 4.69) is 40.7 Å². The third kappa shape index (κ3) is 1.81. The van der Waals surface area contributed by atoms with Crippen LogP contribution in [-0.2, 0) is 11.5 Å². The molecule has 1 atom stereocenters. The molecule has 0 fully saturated rings. The molecule has 0 spiro atoms. The zero-order chi connectivity index (χ0) is 11.8. The molecular weight excluding hydrogens is 215 g/mol. The fourth-order valence-corrected chi connectivity index (χ4v) is 2.44. The van der Waals surface area contributed by atoms with Crippen molar-refractivity contribution < 1.29 is 9.90 Å². The van der Waals surface area contributed by atoms with Gasteiger partial charge < -0.3 is 0 Å². The van der Waals surface area contributed by atoms with Crippen LogP contribution in [-0.4, -0.2) is 39.5 Å². The molecule has 0 aliphatic carbocycles. The molecule has 1 N–H and O–H groups in total. The van der Waals surface area contributed by atoms with E-state index >= 15 is 0 Å². The molecule has 0 radical (unpaired) electrons. The number of carboxylic acid groups (broad SMARTS) is 1. The van der Waals surface area contributed by atoms with Gasteiger partial charge in [-0.25, -0.2) is 0 Å². The molecule has 4 nitrogen and oxygen atoms in total. The molecule has 0 aromatic carbocycles. The molecule has 3 heterocycles. The summed E-state index contributed by atoms with van der Waals surface area (Å²) in [6.07, 6.45) is 5.08. The van der Waals surface area contributed by atoms with Crippen LogP contribution in [0.2, 0.25) is 0 Å². The van der Waals surface area contributed by atoms with E-state index < -0.39 is 5.97 Å². The molecule has 2 aliphatic rings. The molecule has 0 saturated carbocycles. The van der Waals surface area contributed by atoms with Gasteiger partial charge in [0.25, 0.3) is 0 Å². The van der Waals surface area contributed by atoms with Crippen molar-refractivity contribution in [1.29, 1.82) is 0 Å². The Morgan fingerprint density at radius 3 is 3.29 bits per heavy atom. The third-order valence-corrected chi connectivity index (χ3v) is 3.34. The van der Waals surface area contributed by atoms with Gasteiger partial charge in [-0.2, -0.15) is 0 Å². The average molecular weight is 228 g/mol. The summed E-state index contributed by atoms with van der Waals surface area (Å²) in [6.45, 7) is 2.90. The van der Waals surface area contributed by atoms with Gasteiger partial charge in [0.15, 0.2) is 0 Å². The summed E-state index contributed by atoms with van der Waals surface area (Å²) in [5.74, 6) is 1.37. The van der Waals surface area contributed by atoms with E-state index in [0.29, 0.717) is 6.42 Å². The van der Waals surface area contributed by atoms with Crippen molar-refractivity contribution in [2.24, 2.45) is 0 Å². The minimum absolute atomic E-state index is 0.216. The fraction of sp³-hybridized carbons (Fsp3) is 0.333. The van der Waals surface area contributed by atoms with Gasteiger partial charge in [-0.1, -0.05) is 0 Å². The Morgan fingerprint density at radius 1 is 1.59 bits per heavy atom. The molecule has 1 unspecified atom stereocenters. The van der Waals surface area contributed by atoms with Gasteiger partial charge in [0.2, 0.25) is 0 Å². The van der Waals surface area contributed by atoms with E-state index in [9.17, 15) is 4.79 Å². The summed E-state index contributed by atoms with van der Waals surface area (Å²) < 4.78 is 2.17. The quantitative estimate of drug-likeness (QED) is 0.778. The second kappa shape index (κ2) is 3.91. The maximum absolute atomic E-state index is 10.6. The van der Waals surface area contributed by atoms with Crippen LogP contribution in [0.3, 0.4) is 0 Å². The Balaban J connectivity index is 1.78. The normalized spacial score (nSPS) is 20.6. The average Bonchev–Trinajstić information content (AvgIpc) is 2.88. The zero-order valence-corrected chi connectivity index (χ0v) is 9.41. The van der Waals surface area contributed by atoms with Crippen LogP contribution in [0.1, 0.15) is 18.5 Å². The number of hydrogen-bond donors (Lipinski definition) is 1. The Labute approximate surface area is 100 Å². The van der Waals surface area contributed by atoms with Gasteiger partial charge in [0.1, 0.15) is 0 Å². The number of hydrogen-bond acceptors (Lipinski definition) is 2. The topological polar surface area (TPSA) is 45.5 Å². The summed E-state index contributed by atoms with van der Waals surface area (Å²) in [6, 6.07) is 4.33. The number of aliphatic carboxylic acids is 1. The SMILES string of the molecule is O=C(O)CCC1C=BC2=Cc3cccn3CN21. The first-order valence-corrected chi connectivity index (χ1v) is 5.77. The summed E-state index contributed by atoms with van der Waals surface area (Å²) in [5.41, 5.74) is 2.39. The van der Waals surface area contributed by atoms with Gasteiger partial charge in [-0.3, -0.25) is 0 Å². The van der Waals surface area contributed by atoms with Crippen LogP contribution in [0, 0.1) is 0 Å². The molecule has 17 heavy (non-hydrogen) atoms. The second-order valence-electron chi connectivity index (χ2n) is 4.44. The fourth-order valence-electron chi connectivity index (χ4n) is 2.44. The first-order valence-electron chi connectivity index (χ1n) is 5.77. The minimum atomic E-state index is -0.727. The van der Waals surface area contributed by atoms with E-state index in [1.54, 1.807) is 0 Å². The molecule has 86 valence electrons. The number of rotatable bonds is 3. The standard InChI is InChI=1S/C12H13BN2O2/c16-12(17)4-3-10-7-13-11-6-9-2-1-5-14(9)8-15(10)11/h1-2,5-7,10H,3-4,8H2,(H,16,17). The van der Waals surface area contributed by atoms with Crippen LogP contribution in [0.25, 0.3) is 6.08 Å². The Bertz CT molecular complexity index is 518. The second-order valence-corrected chi connectivity index (χ2v) is 4.44. The summed E-state index contributed by atoms with van der Waals surface area (Å²) in [5, 5.41) is 8.73. The molecule has 0 bridgehead atoms. The van der Waals surface area contributed by atoms with Crippen LogP contribution in [0.15, 0.2) is 23.9 Å². The molecule has 3 rings (SSSR count). The Hall–Kier alpha value is -1.78. The van der Waals surface area contributed by atoms with Gasteiger partial charge in [0, 0.05) is 0 Å². The molecule has 2 aliphatic heterocycles. The first-order chi connectivity index (χ1) is 8.24. The van der Waals surface area contributed by atoms with E-state index in [1.807, 2.05) is 6.07 Å². The molecular formula is C12H13BN2O2. The number of nitrogens with zero attached hydrogens (tertiary/aromatic N) is 2. The van der Waals surface area contributed by atoms with E-state index in [1.165, 1.54) is 11.3 Å². The van der Waals surface area contributed by atoms with Crippen LogP contribution in [0.5, 0.6) is 0 Å². The van der Waals surface area contributed by atoms with Crippen molar-refractivity contribution in [3.8, 4) is 0 Å². The number of carbonyl (C=O) groups is 1. The number of aromatic nitrogens is 1. The monoisotopic (exact) mass is 228 g/mol. The predicted octanol–water partition coefficient (Wildman–Crippen LogP) is 0.813. The molecule has 0 amide bonds. The van der Waals surface area contributed by atoms with Gasteiger partial charge in [0.05, 0.1) is 0 Å². The van der Waals surface area contributed by atoms with Gasteiger partial charge in [-0.05, 0) is 0 Å². The number of carboxylic acids is 1. The van der Waals surface area contributed by atoms with Crippen LogP contribution >= 0.6 is 0 Å². The van der Waals surface area contributed by atoms with Crippen LogP contribution < -0.4 is 0 Å². The van der Waals surface area contributed by atoms with Crippen LogP contribution in [0.4, 0.5) is 0 Å². The maximum atomic E-state index is 10.6. The molecule has 1 aromatic rings. The van der Waals surface area contributed by atoms with E-state index in [-0.39, 0.29) is 12.5 Å². The predicted molar refractivity (Wildman–Crippen MR) is 66.7 cm³/mol. The van der Waals surface area contributed by atoms with Crippen molar-refractivity contribution in [3.05, 3.63) is 29.6 Å². The van der Waals surface area contributed by atoms with Crippen molar-refractivity contribution in [1.82, 2.24) is 9.47 Å². The Kier molecular flexibility index (Phi) is 2.39. The molecule has 5 heteroatoms. The van der Waals surface area contributed by atoms with Gasteiger partial charge >= 0.3 is 99.5 Å². The molecule has 0 saturated heterocycles. The van der Waals surface area contributed by atoms with E-state index in [0.717, 1.165) is 6.67 Å².